The van der Waals surface area contributed by atoms with Crippen LogP contribution in [-0.4, -0.2) is 51.5 Å². The van der Waals surface area contributed by atoms with E-state index in [0.29, 0.717) is 0 Å². The molecule has 1 fully saturated rings. The Labute approximate surface area is 195 Å². The molecule has 1 unspecified atom stereocenters. The summed E-state index contributed by atoms with van der Waals surface area (Å²) in [4.78, 5) is 36.7. The van der Waals surface area contributed by atoms with Crippen LogP contribution in [0, 0.1) is 0 Å². The van der Waals surface area contributed by atoms with Gasteiger partial charge in [0.1, 0.15) is 23.7 Å². The van der Waals surface area contributed by atoms with Gasteiger partial charge in [-0.1, -0.05) is 15.9 Å². The minimum atomic E-state index is -4.15. The maximum Gasteiger partial charge on any atom is 0.459 e. The number of ketones is 1. The number of hydrogen-bond donors (Lipinski definition) is 3. The molecule has 0 bridgehead atoms. The van der Waals surface area contributed by atoms with Gasteiger partial charge in [-0.05, 0) is 38.1 Å². The van der Waals surface area contributed by atoms with Crippen LogP contribution in [0.3, 0.4) is 0 Å². The van der Waals surface area contributed by atoms with Crippen LogP contribution < -0.4 is 20.9 Å². The van der Waals surface area contributed by atoms with E-state index in [1.54, 1.807) is 12.1 Å². The predicted octanol–water partition coefficient (Wildman–Crippen LogP) is 1.67. The number of Topliss-reactive ketones (excluding diaryl/α,β-unsaturated/α-hetero) is 1. The fourth-order valence-electron chi connectivity index (χ4n) is 3.08. The van der Waals surface area contributed by atoms with E-state index in [2.05, 4.69) is 21.0 Å². The van der Waals surface area contributed by atoms with Crippen LogP contribution in [0.2, 0.25) is 0 Å². The maximum absolute atomic E-state index is 15.3. The van der Waals surface area contributed by atoms with E-state index in [9.17, 15) is 24.1 Å². The van der Waals surface area contributed by atoms with Gasteiger partial charge in [0.05, 0.1) is 13.2 Å². The van der Waals surface area contributed by atoms with Crippen LogP contribution in [0.1, 0.15) is 20.1 Å². The Kier molecular flexibility index (Phi) is 7.72. The SMILES string of the molecule is CC(=O)CNP(=O)(OC[C@H]1O[C@@H](n2ccc(=O)[nH]c2=O)[C@](C)(F)[C@@H]1O)Oc1ccc(Br)cc1. The number of benzene rings is 1. The number of aliphatic hydroxyl groups excluding tert-OH is 1. The Morgan fingerprint density at radius 2 is 2.03 bits per heavy atom. The Hall–Kier alpha value is -2.15. The van der Waals surface area contributed by atoms with E-state index >= 15 is 4.39 Å². The molecule has 1 aliphatic heterocycles. The number of rotatable bonds is 9. The Morgan fingerprint density at radius 1 is 1.36 bits per heavy atom. The van der Waals surface area contributed by atoms with Gasteiger partial charge in [-0.25, -0.2) is 18.8 Å². The number of alkyl halides is 1. The highest BCUT2D eigenvalue weighted by atomic mass is 79.9. The van der Waals surface area contributed by atoms with Gasteiger partial charge in [0.25, 0.3) is 5.56 Å². The standard InChI is InChI=1S/C19H22BrFN3O8P/c1-11(25)9-22-33(29,32-13-5-3-12(20)4-6-13)30-10-14-16(27)19(2,21)17(31-14)24-8-7-15(26)23-18(24)28/h3-8,14,16-17,27H,9-10H2,1-2H3,(H,22,29)(H,23,26,28)/t14-,16-,17-,19-,33?/m1/s1. The molecule has 3 N–H and O–H groups in total. The molecule has 1 aromatic carbocycles. The smallest absolute Gasteiger partial charge is 0.413 e. The number of nitrogens with one attached hydrogen (secondary N) is 2. The van der Waals surface area contributed by atoms with E-state index in [1.807, 2.05) is 4.98 Å². The number of nitrogens with zero attached hydrogens (tertiary/aromatic N) is 1. The molecule has 11 nitrogen and oxygen atoms in total. The molecule has 3 rings (SSSR count). The lowest BCUT2D eigenvalue weighted by molar-refractivity contribution is -0.116. The highest BCUT2D eigenvalue weighted by molar-refractivity contribution is 9.10. The number of ether oxygens (including phenoxy) is 1. The van der Waals surface area contributed by atoms with Crippen molar-refractivity contribution in [3.05, 3.63) is 61.8 Å². The Morgan fingerprint density at radius 3 is 2.64 bits per heavy atom. The molecule has 0 radical (unpaired) electrons. The van der Waals surface area contributed by atoms with Crippen LogP contribution in [0.4, 0.5) is 4.39 Å². The van der Waals surface area contributed by atoms with Crippen LogP contribution in [-0.2, 0) is 18.6 Å². The van der Waals surface area contributed by atoms with Gasteiger partial charge in [-0.15, -0.1) is 0 Å². The summed E-state index contributed by atoms with van der Waals surface area (Å²) in [5.74, 6) is -0.178. The lowest BCUT2D eigenvalue weighted by Crippen LogP contribution is -2.43. The van der Waals surface area contributed by atoms with Crippen molar-refractivity contribution < 1.29 is 32.6 Å². The number of aliphatic hydroxyl groups is 1. The number of H-pyrrole nitrogens is 1. The first-order chi connectivity index (χ1) is 15.4. The fraction of sp³-hybridized carbons (Fsp3) is 0.421. The molecule has 0 aliphatic carbocycles. The van der Waals surface area contributed by atoms with E-state index in [4.69, 9.17) is 13.8 Å². The monoisotopic (exact) mass is 549 g/mol. The van der Waals surface area contributed by atoms with Crippen LogP contribution >= 0.6 is 23.7 Å². The number of hydrogen-bond acceptors (Lipinski definition) is 8. The molecule has 0 spiro atoms. The molecule has 1 saturated heterocycles. The second-order valence-electron chi connectivity index (χ2n) is 7.52. The van der Waals surface area contributed by atoms with Crippen molar-refractivity contribution in [2.45, 2.75) is 38.0 Å². The van der Waals surface area contributed by atoms with E-state index in [0.717, 1.165) is 28.2 Å². The fourth-order valence-corrected chi connectivity index (χ4v) is 4.71. The third-order valence-electron chi connectivity index (χ3n) is 4.79. The molecule has 0 saturated carbocycles. The summed E-state index contributed by atoms with van der Waals surface area (Å²) >= 11 is 3.26. The second-order valence-corrected chi connectivity index (χ2v) is 10.2. The minimum absolute atomic E-state index is 0.165. The summed E-state index contributed by atoms with van der Waals surface area (Å²) in [6.07, 6.45) is -3.70. The molecular formula is C19H22BrFN3O8P. The molecule has 2 heterocycles. The number of carbonyl (C=O) groups is 1. The van der Waals surface area contributed by atoms with Crippen molar-refractivity contribution in [1.29, 1.82) is 0 Å². The Bertz CT molecular complexity index is 1170. The molecule has 14 heteroatoms. The maximum atomic E-state index is 15.3. The first-order valence-electron chi connectivity index (χ1n) is 9.69. The normalized spacial score (nSPS) is 26.6. The summed E-state index contributed by atoms with van der Waals surface area (Å²) in [5, 5.41) is 12.9. The molecule has 2 aromatic rings. The van der Waals surface area contributed by atoms with Crippen molar-refractivity contribution in [3.8, 4) is 5.75 Å². The van der Waals surface area contributed by atoms with Gasteiger partial charge in [0.2, 0.25) is 0 Å². The first kappa shape index (κ1) is 25.5. The van der Waals surface area contributed by atoms with Gasteiger partial charge in [-0.3, -0.25) is 23.7 Å². The largest absolute Gasteiger partial charge is 0.459 e. The number of aromatic amines is 1. The lowest BCUT2D eigenvalue weighted by Gasteiger charge is -2.24. The molecule has 1 aromatic heterocycles. The molecule has 5 atom stereocenters. The average Bonchev–Trinajstić information content (AvgIpc) is 2.96. The van der Waals surface area contributed by atoms with Crippen molar-refractivity contribution >= 4 is 29.5 Å². The van der Waals surface area contributed by atoms with E-state index in [1.165, 1.54) is 19.1 Å². The second kappa shape index (κ2) is 10.00. The average molecular weight is 550 g/mol. The van der Waals surface area contributed by atoms with Gasteiger partial charge in [-0.2, -0.15) is 0 Å². The molecule has 33 heavy (non-hydrogen) atoms. The number of halogens is 2. The summed E-state index contributed by atoms with van der Waals surface area (Å²) < 4.78 is 46.3. The predicted molar refractivity (Wildman–Crippen MR) is 118 cm³/mol. The van der Waals surface area contributed by atoms with Crippen molar-refractivity contribution in [1.82, 2.24) is 14.6 Å². The third-order valence-corrected chi connectivity index (χ3v) is 6.80. The van der Waals surface area contributed by atoms with Crippen molar-refractivity contribution in [3.63, 3.8) is 0 Å². The molecule has 180 valence electrons. The zero-order chi connectivity index (χ0) is 24.4. The Balaban J connectivity index is 1.78. The van der Waals surface area contributed by atoms with Gasteiger partial charge in [0.15, 0.2) is 11.9 Å². The summed E-state index contributed by atoms with van der Waals surface area (Å²) in [6.45, 7) is 1.35. The summed E-state index contributed by atoms with van der Waals surface area (Å²) in [6, 6.07) is 7.29. The van der Waals surface area contributed by atoms with Gasteiger partial charge < -0.3 is 14.4 Å². The minimum Gasteiger partial charge on any atom is -0.413 e. The van der Waals surface area contributed by atoms with Crippen LogP contribution in [0.25, 0.3) is 0 Å². The molecule has 0 amide bonds. The zero-order valence-corrected chi connectivity index (χ0v) is 20.0. The zero-order valence-electron chi connectivity index (χ0n) is 17.6. The number of aromatic nitrogens is 2. The van der Waals surface area contributed by atoms with Gasteiger partial charge >= 0.3 is 13.4 Å². The van der Waals surface area contributed by atoms with E-state index in [-0.39, 0.29) is 18.1 Å². The van der Waals surface area contributed by atoms with E-state index < -0.39 is 49.7 Å². The van der Waals surface area contributed by atoms with Crippen molar-refractivity contribution in [2.24, 2.45) is 0 Å². The van der Waals surface area contributed by atoms with Crippen LogP contribution in [0.15, 0.2) is 50.6 Å². The highest BCUT2D eigenvalue weighted by Crippen LogP contribution is 2.47. The van der Waals surface area contributed by atoms with Crippen LogP contribution in [0.5, 0.6) is 5.75 Å². The first-order valence-corrected chi connectivity index (χ1v) is 12.0. The highest BCUT2D eigenvalue weighted by Gasteiger charge is 2.55. The quantitative estimate of drug-likeness (QED) is 0.397. The molecule has 1 aliphatic rings. The number of carbonyl (C=O) groups excluding carboxylic acids is 1. The molecular weight excluding hydrogens is 528 g/mol. The van der Waals surface area contributed by atoms with Gasteiger partial charge in [0, 0.05) is 16.7 Å². The van der Waals surface area contributed by atoms with Crippen molar-refractivity contribution in [2.75, 3.05) is 13.2 Å². The third kappa shape index (κ3) is 6.05. The summed E-state index contributed by atoms with van der Waals surface area (Å²) in [7, 11) is -4.15. The summed E-state index contributed by atoms with van der Waals surface area (Å²) in [5.41, 5.74) is -4.07. The topological polar surface area (TPSA) is 149 Å². The lowest BCUT2D eigenvalue weighted by atomic mass is 9.98.